The number of amides is 2. The zero-order valence-corrected chi connectivity index (χ0v) is 10.0. The van der Waals surface area contributed by atoms with Crippen LogP contribution in [0.3, 0.4) is 0 Å². The lowest BCUT2D eigenvalue weighted by molar-refractivity contribution is -0.116. The van der Waals surface area contributed by atoms with Gasteiger partial charge < -0.3 is 16.4 Å². The number of nitrogens with one attached hydrogen (secondary N) is 2. The van der Waals surface area contributed by atoms with Crippen LogP contribution in [0.15, 0.2) is 18.2 Å². The van der Waals surface area contributed by atoms with Crippen molar-refractivity contribution in [2.75, 3.05) is 17.6 Å². The SMILES string of the molecule is CC(=O)CCNC(=O)Nc1ccc(C)cc1N. The normalized spacial score (nSPS) is 9.76. The Labute approximate surface area is 100 Å². The quantitative estimate of drug-likeness (QED) is 0.694. The van der Waals surface area contributed by atoms with Gasteiger partial charge in [-0.2, -0.15) is 0 Å². The van der Waals surface area contributed by atoms with Crippen LogP contribution in [-0.2, 0) is 4.79 Å². The summed E-state index contributed by atoms with van der Waals surface area (Å²) in [7, 11) is 0. The molecule has 0 saturated heterocycles. The molecule has 17 heavy (non-hydrogen) atoms. The van der Waals surface area contributed by atoms with Crippen LogP contribution in [0.2, 0.25) is 0 Å². The molecule has 5 heteroatoms. The number of aryl methyl sites for hydroxylation is 1. The fraction of sp³-hybridized carbons (Fsp3) is 0.333. The van der Waals surface area contributed by atoms with Gasteiger partial charge in [-0.3, -0.25) is 4.79 Å². The van der Waals surface area contributed by atoms with Crippen molar-refractivity contribution in [1.82, 2.24) is 5.32 Å². The van der Waals surface area contributed by atoms with E-state index in [0.717, 1.165) is 5.56 Å². The lowest BCUT2D eigenvalue weighted by Gasteiger charge is -2.09. The van der Waals surface area contributed by atoms with Gasteiger partial charge in [0.1, 0.15) is 5.78 Å². The van der Waals surface area contributed by atoms with E-state index in [9.17, 15) is 9.59 Å². The fourth-order valence-corrected chi connectivity index (χ4v) is 1.31. The van der Waals surface area contributed by atoms with Crippen LogP contribution >= 0.6 is 0 Å². The summed E-state index contributed by atoms with van der Waals surface area (Å²) in [6.45, 7) is 3.73. The van der Waals surface area contributed by atoms with Crippen molar-refractivity contribution in [1.29, 1.82) is 0 Å². The zero-order valence-electron chi connectivity index (χ0n) is 10.0. The van der Waals surface area contributed by atoms with Crippen molar-refractivity contribution in [3.63, 3.8) is 0 Å². The number of carbonyl (C=O) groups is 2. The van der Waals surface area contributed by atoms with E-state index in [1.165, 1.54) is 6.92 Å². The number of anilines is 2. The molecule has 2 amide bonds. The molecule has 0 fully saturated rings. The number of nitrogen functional groups attached to an aromatic ring is 1. The first-order chi connectivity index (χ1) is 7.99. The summed E-state index contributed by atoms with van der Waals surface area (Å²) in [5.41, 5.74) is 7.87. The number of urea groups is 1. The van der Waals surface area contributed by atoms with Gasteiger partial charge in [0.25, 0.3) is 0 Å². The molecule has 92 valence electrons. The van der Waals surface area contributed by atoms with Gasteiger partial charge in [0, 0.05) is 13.0 Å². The highest BCUT2D eigenvalue weighted by Crippen LogP contribution is 2.18. The smallest absolute Gasteiger partial charge is 0.319 e. The second-order valence-corrected chi connectivity index (χ2v) is 3.92. The van der Waals surface area contributed by atoms with Crippen molar-refractivity contribution in [2.45, 2.75) is 20.3 Å². The van der Waals surface area contributed by atoms with Gasteiger partial charge in [0.05, 0.1) is 11.4 Å². The summed E-state index contributed by atoms with van der Waals surface area (Å²) in [6.07, 6.45) is 0.330. The summed E-state index contributed by atoms with van der Waals surface area (Å²) in [5, 5.41) is 5.20. The molecular formula is C12H17N3O2. The van der Waals surface area contributed by atoms with Gasteiger partial charge in [-0.1, -0.05) is 6.07 Å². The summed E-state index contributed by atoms with van der Waals surface area (Å²) >= 11 is 0. The molecule has 4 N–H and O–H groups in total. The number of benzene rings is 1. The van der Waals surface area contributed by atoms with Crippen molar-refractivity contribution in [2.24, 2.45) is 0 Å². The zero-order chi connectivity index (χ0) is 12.8. The minimum atomic E-state index is -0.359. The molecular weight excluding hydrogens is 218 g/mol. The van der Waals surface area contributed by atoms with Crippen LogP contribution in [0, 0.1) is 6.92 Å². The van der Waals surface area contributed by atoms with E-state index in [2.05, 4.69) is 10.6 Å². The molecule has 0 heterocycles. The van der Waals surface area contributed by atoms with Crippen LogP contribution < -0.4 is 16.4 Å². The number of carbonyl (C=O) groups excluding carboxylic acids is 2. The molecule has 0 radical (unpaired) electrons. The maximum Gasteiger partial charge on any atom is 0.319 e. The van der Waals surface area contributed by atoms with E-state index in [4.69, 9.17) is 5.73 Å². The third-order valence-electron chi connectivity index (χ3n) is 2.22. The number of hydrogen-bond donors (Lipinski definition) is 3. The Kier molecular flexibility index (Phi) is 4.51. The summed E-state index contributed by atoms with van der Waals surface area (Å²) < 4.78 is 0. The van der Waals surface area contributed by atoms with Crippen LogP contribution in [0.5, 0.6) is 0 Å². The van der Waals surface area contributed by atoms with Gasteiger partial charge in [0.2, 0.25) is 0 Å². The topological polar surface area (TPSA) is 84.2 Å². The van der Waals surface area contributed by atoms with E-state index in [1.807, 2.05) is 13.0 Å². The van der Waals surface area contributed by atoms with E-state index < -0.39 is 0 Å². The molecule has 1 aromatic rings. The number of rotatable bonds is 4. The predicted molar refractivity (Wildman–Crippen MR) is 67.9 cm³/mol. The van der Waals surface area contributed by atoms with E-state index in [-0.39, 0.29) is 11.8 Å². The minimum Gasteiger partial charge on any atom is -0.397 e. The maximum atomic E-state index is 11.4. The standard InChI is InChI=1S/C12H17N3O2/c1-8-3-4-11(10(13)7-8)15-12(17)14-6-5-9(2)16/h3-4,7H,5-6,13H2,1-2H3,(H2,14,15,17). The van der Waals surface area contributed by atoms with Crippen LogP contribution in [0.25, 0.3) is 0 Å². The average Bonchev–Trinajstić information content (AvgIpc) is 2.21. The highest BCUT2D eigenvalue weighted by atomic mass is 16.2. The maximum absolute atomic E-state index is 11.4. The monoisotopic (exact) mass is 235 g/mol. The van der Waals surface area contributed by atoms with Gasteiger partial charge in [-0.05, 0) is 31.5 Å². The Morgan fingerprint density at radius 1 is 1.35 bits per heavy atom. The molecule has 0 aliphatic carbocycles. The van der Waals surface area contributed by atoms with E-state index in [1.54, 1.807) is 12.1 Å². The Morgan fingerprint density at radius 2 is 2.06 bits per heavy atom. The first-order valence-electron chi connectivity index (χ1n) is 5.39. The second kappa shape index (κ2) is 5.89. The molecule has 0 saturated carbocycles. The molecule has 1 rings (SSSR count). The van der Waals surface area contributed by atoms with Crippen molar-refractivity contribution >= 4 is 23.2 Å². The Balaban J connectivity index is 2.48. The predicted octanol–water partition coefficient (Wildman–Crippen LogP) is 1.68. The van der Waals surface area contributed by atoms with Crippen LogP contribution in [0.1, 0.15) is 18.9 Å². The average molecular weight is 235 g/mol. The van der Waals surface area contributed by atoms with Gasteiger partial charge in [-0.25, -0.2) is 4.79 Å². The molecule has 0 aliphatic rings. The number of ketones is 1. The fourth-order valence-electron chi connectivity index (χ4n) is 1.31. The Morgan fingerprint density at radius 3 is 2.65 bits per heavy atom. The molecule has 0 unspecified atom stereocenters. The van der Waals surface area contributed by atoms with Crippen molar-refractivity contribution < 1.29 is 9.59 Å². The van der Waals surface area contributed by atoms with Crippen molar-refractivity contribution in [3.8, 4) is 0 Å². The van der Waals surface area contributed by atoms with Gasteiger partial charge in [-0.15, -0.1) is 0 Å². The third kappa shape index (κ3) is 4.55. The Bertz CT molecular complexity index is 430. The Hall–Kier alpha value is -2.04. The summed E-state index contributed by atoms with van der Waals surface area (Å²) in [4.78, 5) is 22.1. The largest absolute Gasteiger partial charge is 0.397 e. The number of hydrogen-bond acceptors (Lipinski definition) is 3. The molecule has 0 atom stereocenters. The van der Waals surface area contributed by atoms with Crippen LogP contribution in [0.4, 0.5) is 16.2 Å². The first kappa shape index (κ1) is 13.0. The lowest BCUT2D eigenvalue weighted by Crippen LogP contribution is -2.30. The molecule has 0 spiro atoms. The van der Waals surface area contributed by atoms with E-state index in [0.29, 0.717) is 24.3 Å². The molecule has 1 aromatic carbocycles. The summed E-state index contributed by atoms with van der Waals surface area (Å²) in [5.74, 6) is 0.0418. The molecule has 0 bridgehead atoms. The number of nitrogens with two attached hydrogens (primary N) is 1. The highest BCUT2D eigenvalue weighted by molar-refractivity contribution is 5.92. The van der Waals surface area contributed by atoms with Crippen LogP contribution in [-0.4, -0.2) is 18.4 Å². The summed E-state index contributed by atoms with van der Waals surface area (Å²) in [6, 6.07) is 5.03. The first-order valence-corrected chi connectivity index (χ1v) is 5.39. The second-order valence-electron chi connectivity index (χ2n) is 3.92. The minimum absolute atomic E-state index is 0.0418. The lowest BCUT2D eigenvalue weighted by atomic mass is 10.2. The van der Waals surface area contributed by atoms with Gasteiger partial charge >= 0.3 is 6.03 Å². The third-order valence-corrected chi connectivity index (χ3v) is 2.22. The molecule has 0 aromatic heterocycles. The molecule has 5 nitrogen and oxygen atoms in total. The van der Waals surface area contributed by atoms with Crippen molar-refractivity contribution in [3.05, 3.63) is 23.8 Å². The highest BCUT2D eigenvalue weighted by Gasteiger charge is 2.04. The van der Waals surface area contributed by atoms with E-state index >= 15 is 0 Å². The number of Topliss-reactive ketones (excluding diaryl/α,β-unsaturated/α-hetero) is 1. The van der Waals surface area contributed by atoms with Gasteiger partial charge in [0.15, 0.2) is 0 Å². The molecule has 0 aliphatic heterocycles.